The highest BCUT2D eigenvalue weighted by atomic mass is 16.6. The monoisotopic (exact) mass is 402 g/mol. The Hall–Kier alpha value is -0.0800. The van der Waals surface area contributed by atoms with E-state index < -0.39 is 0 Å². The van der Waals surface area contributed by atoms with E-state index in [1.807, 2.05) is 0 Å². The summed E-state index contributed by atoms with van der Waals surface area (Å²) in [5.41, 5.74) is 0.932. The second-order valence-electron chi connectivity index (χ2n) is 13.0. The molecule has 1 aliphatic heterocycles. The molecule has 2 heteroatoms. The fourth-order valence-electron chi connectivity index (χ4n) is 9.68. The quantitative estimate of drug-likeness (QED) is 0.525. The zero-order valence-electron chi connectivity index (χ0n) is 19.8. The van der Waals surface area contributed by atoms with Crippen LogP contribution in [0.5, 0.6) is 0 Å². The van der Waals surface area contributed by atoms with Gasteiger partial charge >= 0.3 is 0 Å². The van der Waals surface area contributed by atoms with Gasteiger partial charge in [0.15, 0.2) is 0 Å². The van der Waals surface area contributed by atoms with E-state index in [1.165, 1.54) is 57.8 Å². The maximum absolute atomic E-state index is 10.4. The first-order valence-corrected chi connectivity index (χ1v) is 13.1. The van der Waals surface area contributed by atoms with Crippen LogP contribution in [0.2, 0.25) is 0 Å². The summed E-state index contributed by atoms with van der Waals surface area (Å²) in [6, 6.07) is 0. The van der Waals surface area contributed by atoms with Gasteiger partial charge in [-0.1, -0.05) is 53.9 Å². The van der Waals surface area contributed by atoms with Crippen molar-refractivity contribution in [2.75, 3.05) is 0 Å². The molecule has 4 saturated carbocycles. The molecule has 0 radical (unpaired) electrons. The molecule has 5 fully saturated rings. The lowest BCUT2D eigenvalue weighted by atomic mass is 9.44. The molecular weight excluding hydrogens is 356 g/mol. The van der Waals surface area contributed by atoms with Crippen LogP contribution in [0.1, 0.15) is 105 Å². The smallest absolute Gasteiger partial charge is 0.103 e. The summed E-state index contributed by atoms with van der Waals surface area (Å²) < 4.78 is 6.51. The third kappa shape index (κ3) is 2.94. The van der Waals surface area contributed by atoms with Crippen LogP contribution in [-0.2, 0) is 4.74 Å². The van der Waals surface area contributed by atoms with E-state index in [0.717, 1.165) is 48.3 Å². The third-order valence-corrected chi connectivity index (χ3v) is 11.3. The van der Waals surface area contributed by atoms with Crippen molar-refractivity contribution >= 4 is 0 Å². The second-order valence-corrected chi connectivity index (χ2v) is 13.0. The molecule has 5 rings (SSSR count). The van der Waals surface area contributed by atoms with Gasteiger partial charge in [0.25, 0.3) is 0 Å². The van der Waals surface area contributed by atoms with Crippen molar-refractivity contribution in [2.24, 2.45) is 46.3 Å². The molecule has 0 unspecified atom stereocenters. The van der Waals surface area contributed by atoms with Crippen molar-refractivity contribution in [3.63, 3.8) is 0 Å². The highest BCUT2D eigenvalue weighted by Crippen LogP contribution is 2.74. The van der Waals surface area contributed by atoms with Crippen LogP contribution in [0.3, 0.4) is 0 Å². The summed E-state index contributed by atoms with van der Waals surface area (Å²) in [6.45, 7) is 12.6. The van der Waals surface area contributed by atoms with E-state index in [1.54, 1.807) is 0 Å². The Bertz CT molecular complexity index is 630. The lowest BCUT2D eigenvalue weighted by molar-refractivity contribution is -0.116. The minimum Gasteiger partial charge on any atom is -0.393 e. The standard InChI is InChI=1S/C27H46O2/c1-17(2)7-6-8-18(3)21-9-10-22-20-15-24-27(29-24)16-19(28)11-14-26(27,5)23(20)12-13-25(21,22)4/h17-24,28H,6-16H2,1-5H3/t18-,19-,20+,21+,22+,23-,24+,25+,26+,27+/m0/s1. The summed E-state index contributed by atoms with van der Waals surface area (Å²) in [7, 11) is 0. The molecule has 5 aliphatic rings. The highest BCUT2D eigenvalue weighted by molar-refractivity contribution is 5.24. The highest BCUT2D eigenvalue weighted by Gasteiger charge is 2.76. The normalized spacial score (nSPS) is 54.3. The number of epoxide rings is 1. The molecule has 0 bridgehead atoms. The van der Waals surface area contributed by atoms with Crippen LogP contribution >= 0.6 is 0 Å². The van der Waals surface area contributed by atoms with Gasteiger partial charge in [-0.3, -0.25) is 0 Å². The van der Waals surface area contributed by atoms with E-state index >= 15 is 0 Å². The zero-order chi connectivity index (χ0) is 20.6. The first-order chi connectivity index (χ1) is 13.7. The van der Waals surface area contributed by atoms with Crippen molar-refractivity contribution in [1.82, 2.24) is 0 Å². The van der Waals surface area contributed by atoms with Crippen molar-refractivity contribution in [1.29, 1.82) is 0 Å². The number of ether oxygens (including phenoxy) is 1. The van der Waals surface area contributed by atoms with Crippen LogP contribution in [0, 0.1) is 46.3 Å². The number of hydrogen-bond acceptors (Lipinski definition) is 2. The average Bonchev–Trinajstić information content (AvgIpc) is 3.22. The molecule has 1 N–H and O–H groups in total. The van der Waals surface area contributed by atoms with Gasteiger partial charge in [0.2, 0.25) is 0 Å². The maximum Gasteiger partial charge on any atom is 0.103 e. The molecule has 0 aromatic heterocycles. The fourth-order valence-corrected chi connectivity index (χ4v) is 9.68. The van der Waals surface area contributed by atoms with Gasteiger partial charge in [0.05, 0.1) is 12.2 Å². The third-order valence-electron chi connectivity index (χ3n) is 11.3. The van der Waals surface area contributed by atoms with Gasteiger partial charge in [-0.25, -0.2) is 0 Å². The van der Waals surface area contributed by atoms with Crippen LogP contribution in [0.25, 0.3) is 0 Å². The van der Waals surface area contributed by atoms with Crippen LogP contribution in [0.4, 0.5) is 0 Å². The number of aliphatic hydroxyl groups excluding tert-OH is 1. The molecule has 0 aromatic rings. The van der Waals surface area contributed by atoms with Gasteiger partial charge in [0.1, 0.15) is 5.60 Å². The van der Waals surface area contributed by atoms with Crippen molar-refractivity contribution in [3.8, 4) is 0 Å². The summed E-state index contributed by atoms with van der Waals surface area (Å²) in [6.07, 6.45) is 14.8. The Labute approximate surface area is 179 Å². The molecule has 166 valence electrons. The van der Waals surface area contributed by atoms with Crippen molar-refractivity contribution < 1.29 is 9.84 Å². The number of aliphatic hydroxyl groups is 1. The second kappa shape index (κ2) is 6.96. The Kier molecular flexibility index (Phi) is 4.99. The summed E-state index contributed by atoms with van der Waals surface area (Å²) in [4.78, 5) is 0. The molecule has 4 aliphatic carbocycles. The number of hydrogen-bond donors (Lipinski definition) is 1. The average molecular weight is 403 g/mol. The maximum atomic E-state index is 10.4. The number of fused-ring (bicyclic) bond motifs is 4. The molecule has 10 atom stereocenters. The molecule has 2 nitrogen and oxygen atoms in total. The van der Waals surface area contributed by atoms with E-state index in [0.29, 0.717) is 16.9 Å². The number of rotatable bonds is 5. The largest absolute Gasteiger partial charge is 0.393 e. The Morgan fingerprint density at radius 3 is 2.52 bits per heavy atom. The molecule has 29 heavy (non-hydrogen) atoms. The lowest BCUT2D eigenvalue weighted by Crippen LogP contribution is -2.58. The molecule has 1 heterocycles. The fraction of sp³-hybridized carbons (Fsp3) is 1.00. The summed E-state index contributed by atoms with van der Waals surface area (Å²) >= 11 is 0. The van der Waals surface area contributed by atoms with Crippen LogP contribution in [-0.4, -0.2) is 22.9 Å². The SMILES string of the molecule is CC(C)CCC[C@H](C)[C@H]1CC[C@@H]2[C@H]3C[C@H]4O[C@]45C[C@@H](O)CC[C@]5(C)[C@H]3CC[C@@]21C. The topological polar surface area (TPSA) is 32.8 Å². The van der Waals surface area contributed by atoms with E-state index in [-0.39, 0.29) is 11.7 Å². The predicted molar refractivity (Wildman–Crippen MR) is 119 cm³/mol. The van der Waals surface area contributed by atoms with E-state index in [9.17, 15) is 5.11 Å². The first kappa shape index (κ1) is 20.8. The van der Waals surface area contributed by atoms with E-state index in [2.05, 4.69) is 34.6 Å². The summed E-state index contributed by atoms with van der Waals surface area (Å²) in [5.74, 6) is 5.31. The minimum atomic E-state index is -0.124. The summed E-state index contributed by atoms with van der Waals surface area (Å²) in [5, 5.41) is 10.4. The van der Waals surface area contributed by atoms with Gasteiger partial charge in [-0.05, 0) is 85.9 Å². The molecular formula is C27H46O2. The van der Waals surface area contributed by atoms with Crippen molar-refractivity contribution in [2.45, 2.75) is 123 Å². The van der Waals surface area contributed by atoms with E-state index in [4.69, 9.17) is 4.74 Å². The van der Waals surface area contributed by atoms with Gasteiger partial charge < -0.3 is 9.84 Å². The van der Waals surface area contributed by atoms with Gasteiger partial charge in [-0.15, -0.1) is 0 Å². The molecule has 0 amide bonds. The van der Waals surface area contributed by atoms with Gasteiger partial charge in [-0.2, -0.15) is 0 Å². The molecule has 1 saturated heterocycles. The van der Waals surface area contributed by atoms with Crippen LogP contribution in [0.15, 0.2) is 0 Å². The predicted octanol–water partition coefficient (Wildman–Crippen LogP) is 6.60. The molecule has 0 aromatic carbocycles. The Morgan fingerprint density at radius 2 is 1.76 bits per heavy atom. The lowest BCUT2D eigenvalue weighted by Gasteiger charge is -2.59. The Balaban J connectivity index is 1.33. The van der Waals surface area contributed by atoms with Crippen LogP contribution < -0.4 is 0 Å². The molecule has 1 spiro atoms. The Morgan fingerprint density at radius 1 is 0.966 bits per heavy atom. The first-order valence-electron chi connectivity index (χ1n) is 13.1. The van der Waals surface area contributed by atoms with Crippen molar-refractivity contribution in [3.05, 3.63) is 0 Å². The van der Waals surface area contributed by atoms with Gasteiger partial charge in [0, 0.05) is 11.8 Å². The minimum absolute atomic E-state index is 0.0434. The zero-order valence-corrected chi connectivity index (χ0v) is 19.8.